The van der Waals surface area contributed by atoms with Crippen LogP contribution in [0.15, 0.2) is 0 Å². The summed E-state index contributed by atoms with van der Waals surface area (Å²) in [6, 6.07) is 0. The minimum atomic E-state index is -0.354. The lowest BCUT2D eigenvalue weighted by atomic mass is 9.80. The van der Waals surface area contributed by atoms with Gasteiger partial charge in [0.1, 0.15) is 6.10 Å². The van der Waals surface area contributed by atoms with Gasteiger partial charge in [0.15, 0.2) is 5.69 Å². The number of aryl methyl sites for hydroxylation is 2. The quantitative estimate of drug-likeness (QED) is 0.833. The first-order chi connectivity index (χ1) is 8.90. The zero-order valence-electron chi connectivity index (χ0n) is 12.1. The molecule has 1 saturated carbocycles. The van der Waals surface area contributed by atoms with Crippen LogP contribution in [0.5, 0.6) is 0 Å². The Morgan fingerprint density at radius 1 is 1.37 bits per heavy atom. The van der Waals surface area contributed by atoms with Gasteiger partial charge in [0, 0.05) is 7.05 Å². The number of anilines is 1. The van der Waals surface area contributed by atoms with Crippen LogP contribution in [0.4, 0.5) is 5.69 Å². The molecular formula is C14H23N3O2. The third kappa shape index (κ3) is 2.74. The van der Waals surface area contributed by atoms with Crippen molar-refractivity contribution in [1.82, 2.24) is 9.78 Å². The number of nitrogens with zero attached hydrogens (tertiary/aromatic N) is 2. The van der Waals surface area contributed by atoms with Gasteiger partial charge in [-0.05, 0) is 38.0 Å². The molecule has 1 aromatic rings. The fraction of sp³-hybridized carbons (Fsp3) is 0.714. The van der Waals surface area contributed by atoms with Gasteiger partial charge in [0.25, 0.3) is 0 Å². The van der Waals surface area contributed by atoms with Crippen molar-refractivity contribution >= 4 is 11.7 Å². The van der Waals surface area contributed by atoms with E-state index in [0.29, 0.717) is 28.9 Å². The number of hydrogen-bond donors (Lipinski definition) is 1. The molecule has 0 amide bonds. The predicted molar refractivity (Wildman–Crippen MR) is 73.7 cm³/mol. The highest BCUT2D eigenvalue weighted by Crippen LogP contribution is 2.31. The lowest BCUT2D eigenvalue weighted by Gasteiger charge is -2.31. The van der Waals surface area contributed by atoms with E-state index in [1.807, 2.05) is 0 Å². The van der Waals surface area contributed by atoms with Crippen LogP contribution >= 0.6 is 0 Å². The Kier molecular flexibility index (Phi) is 3.83. The summed E-state index contributed by atoms with van der Waals surface area (Å²) < 4.78 is 7.09. The highest BCUT2D eigenvalue weighted by Gasteiger charge is 2.29. The molecule has 0 saturated heterocycles. The number of nitrogen functional groups attached to an aromatic ring is 1. The SMILES string of the molecule is Cc1nn(C)c(C(=O)OC2CCC(C)C(C)C2)c1N. The molecule has 5 nitrogen and oxygen atoms in total. The van der Waals surface area contributed by atoms with E-state index in [1.165, 1.54) is 4.68 Å². The maximum Gasteiger partial charge on any atom is 0.359 e. The standard InChI is InChI=1S/C14H23N3O2/c1-8-5-6-11(7-9(8)2)19-14(18)13-12(15)10(3)16-17(13)4/h8-9,11H,5-7,15H2,1-4H3. The Labute approximate surface area is 114 Å². The normalized spacial score (nSPS) is 27.3. The number of carbonyl (C=O) groups excluding carboxylic acids is 1. The molecule has 0 bridgehead atoms. The van der Waals surface area contributed by atoms with Gasteiger partial charge in [-0.25, -0.2) is 4.79 Å². The van der Waals surface area contributed by atoms with E-state index >= 15 is 0 Å². The first-order valence-electron chi connectivity index (χ1n) is 6.90. The van der Waals surface area contributed by atoms with Crippen molar-refractivity contribution < 1.29 is 9.53 Å². The third-order valence-electron chi connectivity index (χ3n) is 4.29. The van der Waals surface area contributed by atoms with E-state index in [4.69, 9.17) is 10.5 Å². The summed E-state index contributed by atoms with van der Waals surface area (Å²) in [5.74, 6) is 0.948. The van der Waals surface area contributed by atoms with Gasteiger partial charge in [0.05, 0.1) is 11.4 Å². The second kappa shape index (κ2) is 5.23. The monoisotopic (exact) mass is 265 g/mol. The zero-order chi connectivity index (χ0) is 14.2. The van der Waals surface area contributed by atoms with E-state index in [1.54, 1.807) is 14.0 Å². The molecule has 1 heterocycles. The number of nitrogens with two attached hydrogens (primary N) is 1. The van der Waals surface area contributed by atoms with Crippen LogP contribution in [0.2, 0.25) is 0 Å². The van der Waals surface area contributed by atoms with Gasteiger partial charge < -0.3 is 10.5 Å². The Balaban J connectivity index is 2.05. The smallest absolute Gasteiger partial charge is 0.359 e. The number of hydrogen-bond acceptors (Lipinski definition) is 4. The highest BCUT2D eigenvalue weighted by molar-refractivity contribution is 5.93. The van der Waals surface area contributed by atoms with Crippen LogP contribution < -0.4 is 5.73 Å². The average Bonchev–Trinajstić information content (AvgIpc) is 2.58. The van der Waals surface area contributed by atoms with Crippen LogP contribution in [0, 0.1) is 18.8 Å². The average molecular weight is 265 g/mol. The molecule has 5 heteroatoms. The van der Waals surface area contributed by atoms with Crippen molar-refractivity contribution in [3.8, 4) is 0 Å². The second-order valence-electron chi connectivity index (χ2n) is 5.77. The lowest BCUT2D eigenvalue weighted by Crippen LogP contribution is -2.29. The number of ether oxygens (including phenoxy) is 1. The van der Waals surface area contributed by atoms with E-state index < -0.39 is 0 Å². The molecule has 106 valence electrons. The molecule has 1 fully saturated rings. The first-order valence-corrected chi connectivity index (χ1v) is 6.90. The van der Waals surface area contributed by atoms with Crippen molar-refractivity contribution in [3.63, 3.8) is 0 Å². The van der Waals surface area contributed by atoms with Crippen molar-refractivity contribution in [3.05, 3.63) is 11.4 Å². The third-order valence-corrected chi connectivity index (χ3v) is 4.29. The lowest BCUT2D eigenvalue weighted by molar-refractivity contribution is 0.00781. The summed E-state index contributed by atoms with van der Waals surface area (Å²) in [5, 5.41) is 4.14. The Bertz CT molecular complexity index is 481. The van der Waals surface area contributed by atoms with Crippen molar-refractivity contribution in [1.29, 1.82) is 0 Å². The summed E-state index contributed by atoms with van der Waals surface area (Å²) in [5.41, 5.74) is 7.33. The van der Waals surface area contributed by atoms with Crippen LogP contribution in [0.3, 0.4) is 0 Å². The number of aromatic nitrogens is 2. The predicted octanol–water partition coefficient (Wildman–Crippen LogP) is 2.29. The van der Waals surface area contributed by atoms with E-state index in [-0.39, 0.29) is 12.1 Å². The van der Waals surface area contributed by atoms with Crippen LogP contribution in [-0.2, 0) is 11.8 Å². The Morgan fingerprint density at radius 2 is 2.05 bits per heavy atom. The van der Waals surface area contributed by atoms with Crippen LogP contribution in [0.1, 0.15) is 49.3 Å². The van der Waals surface area contributed by atoms with Gasteiger partial charge >= 0.3 is 5.97 Å². The zero-order valence-corrected chi connectivity index (χ0v) is 12.1. The molecule has 1 aliphatic carbocycles. The van der Waals surface area contributed by atoms with Gasteiger partial charge in [-0.1, -0.05) is 13.8 Å². The van der Waals surface area contributed by atoms with Gasteiger partial charge in [-0.15, -0.1) is 0 Å². The molecule has 2 N–H and O–H groups in total. The molecule has 1 aromatic heterocycles. The fourth-order valence-electron chi connectivity index (χ4n) is 2.73. The highest BCUT2D eigenvalue weighted by atomic mass is 16.5. The molecule has 0 aliphatic heterocycles. The van der Waals surface area contributed by atoms with Crippen molar-refractivity contribution in [2.75, 3.05) is 5.73 Å². The van der Waals surface area contributed by atoms with Gasteiger partial charge in [-0.3, -0.25) is 4.68 Å². The fourth-order valence-corrected chi connectivity index (χ4v) is 2.73. The molecule has 19 heavy (non-hydrogen) atoms. The second-order valence-corrected chi connectivity index (χ2v) is 5.77. The largest absolute Gasteiger partial charge is 0.458 e. The molecule has 3 atom stereocenters. The minimum absolute atomic E-state index is 0.00769. The molecular weight excluding hydrogens is 242 g/mol. The summed E-state index contributed by atoms with van der Waals surface area (Å²) >= 11 is 0. The maximum atomic E-state index is 12.2. The number of esters is 1. The van der Waals surface area contributed by atoms with Crippen LogP contribution in [0.25, 0.3) is 0 Å². The molecule has 0 aromatic carbocycles. The molecule has 0 spiro atoms. The van der Waals surface area contributed by atoms with Gasteiger partial charge in [-0.2, -0.15) is 5.10 Å². The first kappa shape index (κ1) is 13.9. The van der Waals surface area contributed by atoms with E-state index in [2.05, 4.69) is 18.9 Å². The maximum absolute atomic E-state index is 12.2. The van der Waals surface area contributed by atoms with Crippen molar-refractivity contribution in [2.24, 2.45) is 18.9 Å². The van der Waals surface area contributed by atoms with Crippen molar-refractivity contribution in [2.45, 2.75) is 46.1 Å². The summed E-state index contributed by atoms with van der Waals surface area (Å²) in [6.45, 7) is 6.26. The summed E-state index contributed by atoms with van der Waals surface area (Å²) in [4.78, 5) is 12.2. The summed E-state index contributed by atoms with van der Waals surface area (Å²) in [6.07, 6.45) is 2.99. The molecule has 3 unspecified atom stereocenters. The molecule has 0 radical (unpaired) electrons. The van der Waals surface area contributed by atoms with Gasteiger partial charge in [0.2, 0.25) is 0 Å². The topological polar surface area (TPSA) is 70.1 Å². The van der Waals surface area contributed by atoms with E-state index in [0.717, 1.165) is 19.3 Å². The van der Waals surface area contributed by atoms with E-state index in [9.17, 15) is 4.79 Å². The Hall–Kier alpha value is -1.52. The number of rotatable bonds is 2. The Morgan fingerprint density at radius 3 is 2.58 bits per heavy atom. The van der Waals surface area contributed by atoms with Crippen LogP contribution in [-0.4, -0.2) is 21.9 Å². The molecule has 1 aliphatic rings. The molecule has 2 rings (SSSR count). The summed E-state index contributed by atoms with van der Waals surface area (Å²) in [7, 11) is 1.71. The number of carbonyl (C=O) groups is 1. The minimum Gasteiger partial charge on any atom is -0.458 e.